The van der Waals surface area contributed by atoms with Crippen molar-refractivity contribution in [2.24, 2.45) is 11.7 Å². The van der Waals surface area contributed by atoms with E-state index in [1.54, 1.807) is 6.07 Å². The highest BCUT2D eigenvalue weighted by Gasteiger charge is 2.25. The van der Waals surface area contributed by atoms with Crippen LogP contribution in [0.1, 0.15) is 31.5 Å². The van der Waals surface area contributed by atoms with Gasteiger partial charge in [-0.3, -0.25) is 4.79 Å². The predicted octanol–water partition coefficient (Wildman–Crippen LogP) is 2.35. The molecule has 0 unspecified atom stereocenters. The lowest BCUT2D eigenvalue weighted by Gasteiger charge is -2.25. The number of halogens is 1. The molecule has 0 bridgehead atoms. The number of rotatable bonds is 3. The van der Waals surface area contributed by atoms with Crippen LogP contribution in [-0.2, 0) is 11.3 Å². The fraction of sp³-hybridized carbons (Fsp3) is 0.467. The van der Waals surface area contributed by atoms with E-state index in [9.17, 15) is 4.79 Å². The largest absolute Gasteiger partial charge is 0.349 e. The molecule has 1 amide bonds. The molecular formula is C15H19ClN4O. The standard InChI is InChI=1S/C15H19ClN4O/c16-10-4-5-12-13(7-10)20-14(19-12)8-18-15(21)9-2-1-3-11(17)6-9/h4-5,7,9,11H,1-3,6,8,17H2,(H,18,21)(H,19,20)/t9-,11+/m1/s1. The molecule has 1 fully saturated rings. The van der Waals surface area contributed by atoms with Crippen molar-refractivity contribution in [2.75, 3.05) is 0 Å². The van der Waals surface area contributed by atoms with Gasteiger partial charge in [-0.05, 0) is 37.5 Å². The van der Waals surface area contributed by atoms with E-state index in [1.807, 2.05) is 12.1 Å². The summed E-state index contributed by atoms with van der Waals surface area (Å²) in [6.07, 6.45) is 3.76. The number of nitrogens with one attached hydrogen (secondary N) is 2. The molecule has 1 aromatic heterocycles. The Morgan fingerprint density at radius 3 is 3.14 bits per heavy atom. The number of H-pyrrole nitrogens is 1. The molecule has 0 aliphatic heterocycles. The Labute approximate surface area is 128 Å². The molecule has 1 aromatic carbocycles. The van der Waals surface area contributed by atoms with E-state index in [0.717, 1.165) is 42.5 Å². The number of benzene rings is 1. The van der Waals surface area contributed by atoms with Gasteiger partial charge in [0.05, 0.1) is 17.6 Å². The van der Waals surface area contributed by atoms with Crippen molar-refractivity contribution in [1.82, 2.24) is 15.3 Å². The van der Waals surface area contributed by atoms with Crippen LogP contribution in [0.15, 0.2) is 18.2 Å². The van der Waals surface area contributed by atoms with E-state index < -0.39 is 0 Å². The van der Waals surface area contributed by atoms with Crippen molar-refractivity contribution in [3.63, 3.8) is 0 Å². The smallest absolute Gasteiger partial charge is 0.223 e. The number of imidazole rings is 1. The van der Waals surface area contributed by atoms with Gasteiger partial charge in [0.25, 0.3) is 0 Å². The number of aromatic nitrogens is 2. The number of carbonyl (C=O) groups is 1. The average Bonchev–Trinajstić information content (AvgIpc) is 2.86. The first-order valence-electron chi connectivity index (χ1n) is 7.29. The third-order valence-electron chi connectivity index (χ3n) is 4.01. The van der Waals surface area contributed by atoms with Crippen LogP contribution in [0.4, 0.5) is 0 Å². The Balaban J connectivity index is 1.61. The molecule has 2 atom stereocenters. The summed E-state index contributed by atoms with van der Waals surface area (Å²) in [6.45, 7) is 0.400. The van der Waals surface area contributed by atoms with E-state index in [-0.39, 0.29) is 17.9 Å². The van der Waals surface area contributed by atoms with Crippen molar-refractivity contribution in [2.45, 2.75) is 38.3 Å². The minimum absolute atomic E-state index is 0.0348. The van der Waals surface area contributed by atoms with Crippen molar-refractivity contribution in [3.05, 3.63) is 29.0 Å². The van der Waals surface area contributed by atoms with Gasteiger partial charge in [0.2, 0.25) is 5.91 Å². The van der Waals surface area contributed by atoms with Gasteiger partial charge in [-0.2, -0.15) is 0 Å². The summed E-state index contributed by atoms with van der Waals surface area (Å²) in [7, 11) is 0. The van der Waals surface area contributed by atoms with E-state index in [4.69, 9.17) is 17.3 Å². The number of aromatic amines is 1. The van der Waals surface area contributed by atoms with Gasteiger partial charge in [-0.1, -0.05) is 18.0 Å². The Kier molecular flexibility index (Phi) is 4.12. The molecule has 5 nitrogen and oxygen atoms in total. The van der Waals surface area contributed by atoms with Crippen LogP contribution in [0.5, 0.6) is 0 Å². The number of nitrogens with zero attached hydrogens (tertiary/aromatic N) is 1. The number of nitrogens with two attached hydrogens (primary N) is 1. The topological polar surface area (TPSA) is 83.8 Å². The SMILES string of the molecule is N[C@H]1CCC[C@@H](C(=O)NCc2nc3ccc(Cl)cc3[nH]2)C1. The molecule has 1 aliphatic carbocycles. The molecule has 2 aromatic rings. The van der Waals surface area contributed by atoms with Crippen LogP contribution in [0, 0.1) is 5.92 Å². The Hall–Kier alpha value is -1.59. The minimum Gasteiger partial charge on any atom is -0.349 e. The molecule has 1 heterocycles. The van der Waals surface area contributed by atoms with Gasteiger partial charge >= 0.3 is 0 Å². The Bertz CT molecular complexity index is 654. The Morgan fingerprint density at radius 1 is 1.48 bits per heavy atom. The van der Waals surface area contributed by atoms with Gasteiger partial charge < -0.3 is 16.0 Å². The maximum Gasteiger partial charge on any atom is 0.223 e. The summed E-state index contributed by atoms with van der Waals surface area (Å²) in [5.41, 5.74) is 7.66. The number of amides is 1. The lowest BCUT2D eigenvalue weighted by Crippen LogP contribution is -2.37. The summed E-state index contributed by atoms with van der Waals surface area (Å²) < 4.78 is 0. The molecule has 3 rings (SSSR count). The molecule has 1 saturated carbocycles. The first kappa shape index (κ1) is 14.4. The van der Waals surface area contributed by atoms with E-state index >= 15 is 0 Å². The molecule has 112 valence electrons. The number of carbonyl (C=O) groups excluding carboxylic acids is 1. The normalized spacial score (nSPS) is 22.4. The number of hydrogen-bond acceptors (Lipinski definition) is 3. The van der Waals surface area contributed by atoms with Crippen molar-refractivity contribution in [3.8, 4) is 0 Å². The molecule has 1 aliphatic rings. The highest BCUT2D eigenvalue weighted by Crippen LogP contribution is 2.23. The first-order chi connectivity index (χ1) is 10.1. The summed E-state index contributed by atoms with van der Waals surface area (Å²) >= 11 is 5.94. The molecule has 0 saturated heterocycles. The van der Waals surface area contributed by atoms with Crippen LogP contribution in [0.25, 0.3) is 11.0 Å². The monoisotopic (exact) mass is 306 g/mol. The van der Waals surface area contributed by atoms with Crippen molar-refractivity contribution < 1.29 is 4.79 Å². The van der Waals surface area contributed by atoms with E-state index in [0.29, 0.717) is 11.6 Å². The maximum atomic E-state index is 12.2. The molecular weight excluding hydrogens is 288 g/mol. The molecule has 0 spiro atoms. The summed E-state index contributed by atoms with van der Waals surface area (Å²) in [4.78, 5) is 19.8. The third-order valence-corrected chi connectivity index (χ3v) is 4.24. The summed E-state index contributed by atoms with van der Waals surface area (Å²) in [5.74, 6) is 0.844. The predicted molar refractivity (Wildman–Crippen MR) is 82.9 cm³/mol. The fourth-order valence-electron chi connectivity index (χ4n) is 2.90. The molecule has 6 heteroatoms. The second kappa shape index (κ2) is 6.03. The quantitative estimate of drug-likeness (QED) is 0.814. The van der Waals surface area contributed by atoms with Gasteiger partial charge in [-0.25, -0.2) is 4.98 Å². The molecule has 4 N–H and O–H groups in total. The zero-order valence-electron chi connectivity index (χ0n) is 11.7. The summed E-state index contributed by atoms with van der Waals surface area (Å²) in [5, 5.41) is 3.61. The second-order valence-electron chi connectivity index (χ2n) is 5.69. The van der Waals surface area contributed by atoms with E-state index in [1.165, 1.54) is 0 Å². The fourth-order valence-corrected chi connectivity index (χ4v) is 3.07. The first-order valence-corrected chi connectivity index (χ1v) is 7.67. The molecule has 21 heavy (non-hydrogen) atoms. The van der Waals surface area contributed by atoms with Crippen LogP contribution in [0.2, 0.25) is 5.02 Å². The third kappa shape index (κ3) is 3.36. The zero-order valence-corrected chi connectivity index (χ0v) is 12.5. The van der Waals surface area contributed by atoms with Crippen molar-refractivity contribution in [1.29, 1.82) is 0 Å². The average molecular weight is 307 g/mol. The van der Waals surface area contributed by atoms with Crippen LogP contribution in [-0.4, -0.2) is 21.9 Å². The van der Waals surface area contributed by atoms with Gasteiger partial charge in [0.15, 0.2) is 0 Å². The highest BCUT2D eigenvalue weighted by atomic mass is 35.5. The number of fused-ring (bicyclic) bond motifs is 1. The maximum absolute atomic E-state index is 12.2. The van der Waals surface area contributed by atoms with Crippen molar-refractivity contribution >= 4 is 28.5 Å². The lowest BCUT2D eigenvalue weighted by molar-refractivity contribution is -0.126. The van der Waals surface area contributed by atoms with Crippen LogP contribution < -0.4 is 11.1 Å². The van der Waals surface area contributed by atoms with Crippen LogP contribution in [0.3, 0.4) is 0 Å². The lowest BCUT2D eigenvalue weighted by atomic mass is 9.85. The minimum atomic E-state index is 0.0348. The Morgan fingerprint density at radius 2 is 2.33 bits per heavy atom. The number of hydrogen-bond donors (Lipinski definition) is 3. The highest BCUT2D eigenvalue weighted by molar-refractivity contribution is 6.31. The van der Waals surface area contributed by atoms with Crippen LogP contribution >= 0.6 is 11.6 Å². The van der Waals surface area contributed by atoms with Gasteiger partial charge in [0, 0.05) is 17.0 Å². The molecule has 0 radical (unpaired) electrons. The van der Waals surface area contributed by atoms with Gasteiger partial charge in [0.1, 0.15) is 5.82 Å². The second-order valence-corrected chi connectivity index (χ2v) is 6.12. The summed E-state index contributed by atoms with van der Waals surface area (Å²) in [6, 6.07) is 5.65. The zero-order chi connectivity index (χ0) is 14.8. The van der Waals surface area contributed by atoms with E-state index in [2.05, 4.69) is 15.3 Å². The van der Waals surface area contributed by atoms with Gasteiger partial charge in [-0.15, -0.1) is 0 Å².